The lowest BCUT2D eigenvalue weighted by molar-refractivity contribution is -0.156. The van der Waals surface area contributed by atoms with Gasteiger partial charge in [0.15, 0.2) is 0 Å². The van der Waals surface area contributed by atoms with E-state index in [2.05, 4.69) is 51.6 Å². The van der Waals surface area contributed by atoms with E-state index in [1.807, 2.05) is 4.90 Å². The summed E-state index contributed by atoms with van der Waals surface area (Å²) in [5.74, 6) is -0.117. The zero-order valence-electron chi connectivity index (χ0n) is 42.5. The van der Waals surface area contributed by atoms with Crippen LogP contribution in [0, 0.1) is 0 Å². The predicted molar refractivity (Wildman–Crippen MR) is 264 cm³/mol. The molecule has 0 saturated heterocycles. The maximum absolute atomic E-state index is 13.0. The van der Waals surface area contributed by atoms with Gasteiger partial charge in [0.1, 0.15) is 6.10 Å². The Morgan fingerprint density at radius 2 is 0.758 bits per heavy atom. The molecule has 9 heteroatoms. The van der Waals surface area contributed by atoms with Gasteiger partial charge < -0.3 is 33.6 Å². The summed E-state index contributed by atoms with van der Waals surface area (Å²) in [7, 11) is 4.32. The smallest absolute Gasteiger partial charge is 0.409 e. The van der Waals surface area contributed by atoms with Crippen LogP contribution in [0.15, 0.2) is 0 Å². The zero-order chi connectivity index (χ0) is 45.4. The molecular weight excluding hydrogens is 775 g/mol. The summed E-state index contributed by atoms with van der Waals surface area (Å²) in [5, 5.41) is 0. The fourth-order valence-electron chi connectivity index (χ4n) is 7.97. The predicted octanol–water partition coefficient (Wildman–Crippen LogP) is 14.2. The van der Waals surface area contributed by atoms with Crippen LogP contribution in [0.25, 0.3) is 0 Å². The molecule has 0 aromatic carbocycles. The molecule has 0 spiro atoms. The van der Waals surface area contributed by atoms with Crippen LogP contribution in [0.4, 0.5) is 4.79 Å². The molecule has 0 rings (SSSR count). The average molecular weight is 882 g/mol. The van der Waals surface area contributed by atoms with Gasteiger partial charge in [-0.05, 0) is 104 Å². The lowest BCUT2D eigenvalue weighted by Gasteiger charge is -2.23. The van der Waals surface area contributed by atoms with E-state index in [1.54, 1.807) is 0 Å². The van der Waals surface area contributed by atoms with E-state index >= 15 is 0 Å². The van der Waals surface area contributed by atoms with Gasteiger partial charge in [0.05, 0.1) is 19.8 Å². The number of carbonyl (C=O) groups excluding carboxylic acids is 2. The van der Waals surface area contributed by atoms with Crippen LogP contribution in [-0.4, -0.2) is 119 Å². The minimum Gasteiger partial charge on any atom is -0.457 e. The quantitative estimate of drug-likeness (QED) is 0.0441. The molecule has 0 radical (unpaired) electrons. The van der Waals surface area contributed by atoms with Gasteiger partial charge in [-0.3, -0.25) is 4.79 Å². The second-order valence-corrected chi connectivity index (χ2v) is 18.7. The van der Waals surface area contributed by atoms with Crippen molar-refractivity contribution in [3.05, 3.63) is 0 Å². The van der Waals surface area contributed by atoms with Crippen molar-refractivity contribution in [2.75, 3.05) is 86.4 Å². The average Bonchev–Trinajstić information content (AvgIpc) is 3.26. The Morgan fingerprint density at radius 1 is 0.403 bits per heavy atom. The van der Waals surface area contributed by atoms with E-state index in [0.717, 1.165) is 97.2 Å². The second kappa shape index (κ2) is 49.0. The number of rotatable bonds is 50. The van der Waals surface area contributed by atoms with Crippen molar-refractivity contribution in [1.29, 1.82) is 0 Å². The molecule has 0 N–H and O–H groups in total. The summed E-state index contributed by atoms with van der Waals surface area (Å²) < 4.78 is 23.4. The molecule has 9 nitrogen and oxygen atoms in total. The standard InChI is InChI=1S/C53H107N3O6/c1-7-11-15-19-26-32-44-56(45-33-27-20-16-12-8-2)53(58)61-48-38-28-22-25-31-42-55(43-35-34-40-54(5)6)41-30-24-21-23-29-39-52(57)62-51(49-59-46-36-17-13-9-3)50-60-47-37-18-14-10-4/h51H,7-50H2,1-6H3. The van der Waals surface area contributed by atoms with Gasteiger partial charge in [-0.15, -0.1) is 0 Å². The van der Waals surface area contributed by atoms with Crippen LogP contribution >= 0.6 is 0 Å². The molecule has 0 fully saturated rings. The molecule has 0 aliphatic heterocycles. The van der Waals surface area contributed by atoms with Crippen molar-refractivity contribution < 1.29 is 28.5 Å². The summed E-state index contributed by atoms with van der Waals surface area (Å²) in [6.07, 6.45) is 38.1. The summed E-state index contributed by atoms with van der Waals surface area (Å²) in [4.78, 5) is 32.8. The molecular formula is C53H107N3O6. The van der Waals surface area contributed by atoms with Crippen LogP contribution in [0.3, 0.4) is 0 Å². The third-order valence-electron chi connectivity index (χ3n) is 12.0. The molecule has 0 bridgehead atoms. The van der Waals surface area contributed by atoms with Crippen molar-refractivity contribution in [2.45, 2.75) is 246 Å². The van der Waals surface area contributed by atoms with E-state index in [9.17, 15) is 9.59 Å². The Bertz CT molecular complexity index is 892. The molecule has 0 saturated carbocycles. The highest BCUT2D eigenvalue weighted by Gasteiger charge is 2.16. The Labute approximate surface area is 386 Å². The third-order valence-corrected chi connectivity index (χ3v) is 12.0. The highest BCUT2D eigenvalue weighted by Crippen LogP contribution is 2.14. The van der Waals surface area contributed by atoms with Crippen LogP contribution in [0.1, 0.15) is 240 Å². The van der Waals surface area contributed by atoms with Gasteiger partial charge in [0, 0.05) is 32.7 Å². The number of nitrogens with zero attached hydrogens (tertiary/aromatic N) is 3. The van der Waals surface area contributed by atoms with Crippen molar-refractivity contribution >= 4 is 12.1 Å². The van der Waals surface area contributed by atoms with Gasteiger partial charge in [-0.2, -0.15) is 0 Å². The maximum atomic E-state index is 13.0. The molecule has 0 aliphatic rings. The summed E-state index contributed by atoms with van der Waals surface area (Å²) >= 11 is 0. The SMILES string of the molecule is CCCCCCCCN(CCCCCCCC)C(=O)OCCCCCCCN(CCCCCCCC(=O)OC(COCCCCCC)COCCCCCC)CCCCN(C)C. The fourth-order valence-corrected chi connectivity index (χ4v) is 7.97. The normalized spacial score (nSPS) is 11.7. The van der Waals surface area contributed by atoms with Crippen molar-refractivity contribution in [3.8, 4) is 0 Å². The number of hydrogen-bond acceptors (Lipinski definition) is 8. The molecule has 0 aromatic rings. The zero-order valence-corrected chi connectivity index (χ0v) is 42.5. The summed E-state index contributed by atoms with van der Waals surface area (Å²) in [6.45, 7) is 18.1. The Morgan fingerprint density at radius 3 is 1.23 bits per heavy atom. The minimum atomic E-state index is -0.316. The van der Waals surface area contributed by atoms with Gasteiger partial charge in [0.2, 0.25) is 0 Å². The second-order valence-electron chi connectivity index (χ2n) is 18.7. The van der Waals surface area contributed by atoms with Crippen LogP contribution in [0.5, 0.6) is 0 Å². The third kappa shape index (κ3) is 43.8. The Hall–Kier alpha value is -1.42. The molecule has 370 valence electrons. The van der Waals surface area contributed by atoms with Crippen LogP contribution in [0.2, 0.25) is 0 Å². The topological polar surface area (TPSA) is 80.8 Å². The first kappa shape index (κ1) is 60.6. The molecule has 0 aromatic heterocycles. The van der Waals surface area contributed by atoms with Gasteiger partial charge in [0.25, 0.3) is 0 Å². The lowest BCUT2D eigenvalue weighted by atomic mass is 10.1. The fraction of sp³-hybridized carbons (Fsp3) is 0.962. The van der Waals surface area contributed by atoms with E-state index in [-0.39, 0.29) is 18.2 Å². The number of unbranched alkanes of at least 4 members (excludes halogenated alkanes) is 25. The lowest BCUT2D eigenvalue weighted by Crippen LogP contribution is -2.33. The highest BCUT2D eigenvalue weighted by atomic mass is 16.6. The van der Waals surface area contributed by atoms with Crippen LogP contribution in [-0.2, 0) is 23.7 Å². The number of carbonyl (C=O) groups is 2. The Kier molecular flexibility index (Phi) is 47.9. The first-order chi connectivity index (χ1) is 30.4. The highest BCUT2D eigenvalue weighted by molar-refractivity contribution is 5.69. The van der Waals surface area contributed by atoms with Gasteiger partial charge >= 0.3 is 12.1 Å². The van der Waals surface area contributed by atoms with E-state index in [4.69, 9.17) is 18.9 Å². The number of ether oxygens (including phenoxy) is 4. The van der Waals surface area contributed by atoms with Gasteiger partial charge in [-0.1, -0.05) is 169 Å². The van der Waals surface area contributed by atoms with Crippen LogP contribution < -0.4 is 0 Å². The minimum absolute atomic E-state index is 0.0908. The molecule has 1 amide bonds. The molecule has 0 heterocycles. The van der Waals surface area contributed by atoms with Crippen molar-refractivity contribution in [2.24, 2.45) is 0 Å². The monoisotopic (exact) mass is 882 g/mol. The Balaban J connectivity index is 4.49. The number of hydrogen-bond donors (Lipinski definition) is 0. The van der Waals surface area contributed by atoms with E-state index in [0.29, 0.717) is 26.2 Å². The number of amides is 1. The van der Waals surface area contributed by atoms with Gasteiger partial charge in [-0.25, -0.2) is 4.79 Å². The first-order valence-corrected chi connectivity index (χ1v) is 27.0. The van der Waals surface area contributed by atoms with Crippen molar-refractivity contribution in [3.63, 3.8) is 0 Å². The molecule has 0 unspecified atom stereocenters. The largest absolute Gasteiger partial charge is 0.457 e. The first-order valence-electron chi connectivity index (χ1n) is 27.0. The molecule has 0 atom stereocenters. The maximum Gasteiger partial charge on any atom is 0.409 e. The molecule has 62 heavy (non-hydrogen) atoms. The molecule has 0 aliphatic carbocycles. The summed E-state index contributed by atoms with van der Waals surface area (Å²) in [5.41, 5.74) is 0. The van der Waals surface area contributed by atoms with E-state index < -0.39 is 0 Å². The van der Waals surface area contributed by atoms with E-state index in [1.165, 1.54) is 161 Å². The van der Waals surface area contributed by atoms with Crippen molar-refractivity contribution in [1.82, 2.24) is 14.7 Å². The summed E-state index contributed by atoms with van der Waals surface area (Å²) in [6, 6.07) is 0. The number of esters is 1.